The molecular weight excluding hydrogens is 358 g/mol. The lowest BCUT2D eigenvalue weighted by Crippen LogP contribution is -2.06. The molecule has 0 spiro atoms. The fourth-order valence-corrected chi connectivity index (χ4v) is 3.31. The van der Waals surface area contributed by atoms with Crippen LogP contribution in [0.5, 0.6) is 0 Å². The fourth-order valence-electron chi connectivity index (χ4n) is 3.31. The number of carbonyl (C=O) groups excluding carboxylic acids is 1. The van der Waals surface area contributed by atoms with Crippen LogP contribution in [0.4, 0.5) is 0 Å². The van der Waals surface area contributed by atoms with Crippen LogP contribution in [0.15, 0.2) is 42.6 Å². The standard InChI is InChI=1S/C26H37NO2/c1-4-22(2)12-9-7-5-6-8-10-21-29-26(28)24-17-14-23(15-18-24)16-19-25-13-11-20-27(25)3/h11,13-20,22H,4-10,12,21H2,1-3H3. The van der Waals surface area contributed by atoms with E-state index in [1.807, 2.05) is 49.7 Å². The molecule has 29 heavy (non-hydrogen) atoms. The average molecular weight is 396 g/mol. The number of hydrogen-bond acceptors (Lipinski definition) is 2. The molecule has 0 amide bonds. The van der Waals surface area contributed by atoms with Gasteiger partial charge in [0.25, 0.3) is 0 Å². The van der Waals surface area contributed by atoms with Crippen LogP contribution in [0.25, 0.3) is 12.2 Å². The maximum atomic E-state index is 12.2. The first-order valence-corrected chi connectivity index (χ1v) is 11.2. The minimum absolute atomic E-state index is 0.225. The van der Waals surface area contributed by atoms with E-state index < -0.39 is 0 Å². The Morgan fingerprint density at radius 2 is 1.69 bits per heavy atom. The van der Waals surface area contributed by atoms with Gasteiger partial charge in [-0.1, -0.05) is 77.0 Å². The fraction of sp³-hybridized carbons (Fsp3) is 0.500. The van der Waals surface area contributed by atoms with Crippen molar-refractivity contribution in [2.24, 2.45) is 13.0 Å². The second-order valence-corrected chi connectivity index (χ2v) is 8.06. The number of aromatic nitrogens is 1. The normalized spacial score (nSPS) is 12.4. The molecule has 0 fully saturated rings. The van der Waals surface area contributed by atoms with E-state index in [0.29, 0.717) is 12.2 Å². The molecule has 3 nitrogen and oxygen atoms in total. The molecule has 2 rings (SSSR count). The summed E-state index contributed by atoms with van der Waals surface area (Å²) >= 11 is 0. The number of ether oxygens (including phenoxy) is 1. The Balaban J connectivity index is 1.59. The molecule has 3 heteroatoms. The molecule has 0 aliphatic heterocycles. The molecule has 1 unspecified atom stereocenters. The van der Waals surface area contributed by atoms with Crippen LogP contribution in [-0.4, -0.2) is 17.1 Å². The number of nitrogens with zero attached hydrogens (tertiary/aromatic N) is 1. The molecule has 1 heterocycles. The van der Waals surface area contributed by atoms with E-state index in [1.165, 1.54) is 38.5 Å². The summed E-state index contributed by atoms with van der Waals surface area (Å²) in [5, 5.41) is 0. The summed E-state index contributed by atoms with van der Waals surface area (Å²) in [4.78, 5) is 12.2. The summed E-state index contributed by atoms with van der Waals surface area (Å²) in [6.45, 7) is 5.12. The average Bonchev–Trinajstić information content (AvgIpc) is 3.15. The number of rotatable bonds is 13. The Hall–Kier alpha value is -2.29. The van der Waals surface area contributed by atoms with Crippen molar-refractivity contribution in [2.75, 3.05) is 6.61 Å². The molecule has 0 radical (unpaired) electrons. The van der Waals surface area contributed by atoms with E-state index in [2.05, 4.69) is 30.6 Å². The maximum Gasteiger partial charge on any atom is 0.338 e. The minimum Gasteiger partial charge on any atom is -0.462 e. The number of esters is 1. The Morgan fingerprint density at radius 1 is 1.00 bits per heavy atom. The molecule has 0 bridgehead atoms. The van der Waals surface area contributed by atoms with Gasteiger partial charge in [0, 0.05) is 18.9 Å². The molecule has 0 aliphatic carbocycles. The van der Waals surface area contributed by atoms with Crippen LogP contribution < -0.4 is 0 Å². The van der Waals surface area contributed by atoms with Gasteiger partial charge in [-0.2, -0.15) is 0 Å². The van der Waals surface area contributed by atoms with E-state index in [4.69, 9.17) is 4.74 Å². The van der Waals surface area contributed by atoms with Gasteiger partial charge in [0.2, 0.25) is 0 Å². The summed E-state index contributed by atoms with van der Waals surface area (Å²) in [6, 6.07) is 11.7. The molecule has 0 N–H and O–H groups in total. The number of hydrogen-bond donors (Lipinski definition) is 0. The van der Waals surface area contributed by atoms with Crippen LogP contribution in [0.3, 0.4) is 0 Å². The third kappa shape index (κ3) is 8.72. The van der Waals surface area contributed by atoms with Gasteiger partial charge in [0.05, 0.1) is 12.2 Å². The number of aryl methyl sites for hydroxylation is 1. The van der Waals surface area contributed by atoms with E-state index in [-0.39, 0.29) is 5.97 Å². The zero-order valence-electron chi connectivity index (χ0n) is 18.4. The second kappa shape index (κ2) is 13.0. The van der Waals surface area contributed by atoms with Gasteiger partial charge in [-0.15, -0.1) is 0 Å². The maximum absolute atomic E-state index is 12.2. The van der Waals surface area contributed by atoms with Crippen molar-refractivity contribution in [3.8, 4) is 0 Å². The summed E-state index contributed by atoms with van der Waals surface area (Å²) in [6.07, 6.45) is 16.1. The number of carbonyl (C=O) groups is 1. The summed E-state index contributed by atoms with van der Waals surface area (Å²) in [5.74, 6) is 0.639. The van der Waals surface area contributed by atoms with E-state index in [9.17, 15) is 4.79 Å². The minimum atomic E-state index is -0.225. The Kier molecular flexibility index (Phi) is 10.3. The molecule has 1 atom stereocenters. The summed E-state index contributed by atoms with van der Waals surface area (Å²) in [5.41, 5.74) is 2.83. The Bertz CT molecular complexity index is 742. The predicted octanol–water partition coefficient (Wildman–Crippen LogP) is 7.13. The second-order valence-electron chi connectivity index (χ2n) is 8.06. The predicted molar refractivity (Wildman–Crippen MR) is 123 cm³/mol. The van der Waals surface area contributed by atoms with Gasteiger partial charge in [-0.05, 0) is 48.2 Å². The summed E-state index contributed by atoms with van der Waals surface area (Å²) in [7, 11) is 2.02. The van der Waals surface area contributed by atoms with Crippen LogP contribution in [0, 0.1) is 5.92 Å². The van der Waals surface area contributed by atoms with Crippen LogP contribution in [0.1, 0.15) is 86.8 Å². The van der Waals surface area contributed by atoms with Crippen molar-refractivity contribution in [3.63, 3.8) is 0 Å². The quantitative estimate of drug-likeness (QED) is 0.267. The SMILES string of the molecule is CCC(C)CCCCCCCCOC(=O)c1ccc(C=Cc2cccn2C)cc1. The first-order valence-electron chi connectivity index (χ1n) is 11.2. The Labute approximate surface area is 176 Å². The Morgan fingerprint density at radius 3 is 2.34 bits per heavy atom. The topological polar surface area (TPSA) is 31.2 Å². The zero-order chi connectivity index (χ0) is 20.9. The van der Waals surface area contributed by atoms with Gasteiger partial charge < -0.3 is 9.30 Å². The largest absolute Gasteiger partial charge is 0.462 e. The lowest BCUT2D eigenvalue weighted by Gasteiger charge is -2.08. The molecule has 1 aromatic heterocycles. The zero-order valence-corrected chi connectivity index (χ0v) is 18.4. The third-order valence-corrected chi connectivity index (χ3v) is 5.60. The van der Waals surface area contributed by atoms with Gasteiger partial charge in [-0.3, -0.25) is 0 Å². The van der Waals surface area contributed by atoms with Crippen molar-refractivity contribution >= 4 is 18.1 Å². The van der Waals surface area contributed by atoms with Crippen LogP contribution in [0.2, 0.25) is 0 Å². The highest BCUT2D eigenvalue weighted by atomic mass is 16.5. The highest BCUT2D eigenvalue weighted by Crippen LogP contribution is 2.14. The van der Waals surface area contributed by atoms with Crippen molar-refractivity contribution in [2.45, 2.75) is 65.2 Å². The van der Waals surface area contributed by atoms with Crippen molar-refractivity contribution in [3.05, 3.63) is 59.4 Å². The molecule has 0 aliphatic rings. The molecule has 158 valence electrons. The van der Waals surface area contributed by atoms with Gasteiger partial charge >= 0.3 is 5.97 Å². The van der Waals surface area contributed by atoms with Crippen LogP contribution >= 0.6 is 0 Å². The first-order chi connectivity index (χ1) is 14.1. The van der Waals surface area contributed by atoms with Gasteiger partial charge in [0.15, 0.2) is 0 Å². The molecule has 1 aromatic carbocycles. The highest BCUT2D eigenvalue weighted by molar-refractivity contribution is 5.89. The van der Waals surface area contributed by atoms with Crippen molar-refractivity contribution in [1.82, 2.24) is 4.57 Å². The van der Waals surface area contributed by atoms with E-state index >= 15 is 0 Å². The van der Waals surface area contributed by atoms with E-state index in [1.54, 1.807) is 0 Å². The number of unbranched alkanes of at least 4 members (excludes halogenated alkanes) is 5. The highest BCUT2D eigenvalue weighted by Gasteiger charge is 2.06. The lowest BCUT2D eigenvalue weighted by atomic mass is 10.00. The molecular formula is C26H37NO2. The first kappa shape index (κ1) is 23.0. The monoisotopic (exact) mass is 395 g/mol. The van der Waals surface area contributed by atoms with Crippen LogP contribution in [-0.2, 0) is 11.8 Å². The lowest BCUT2D eigenvalue weighted by molar-refractivity contribution is 0.0497. The van der Waals surface area contributed by atoms with Gasteiger partial charge in [-0.25, -0.2) is 4.79 Å². The van der Waals surface area contributed by atoms with Crippen molar-refractivity contribution in [1.29, 1.82) is 0 Å². The molecule has 2 aromatic rings. The van der Waals surface area contributed by atoms with E-state index in [0.717, 1.165) is 30.0 Å². The van der Waals surface area contributed by atoms with Crippen molar-refractivity contribution < 1.29 is 9.53 Å². The molecule has 0 saturated carbocycles. The smallest absolute Gasteiger partial charge is 0.338 e. The molecule has 0 saturated heterocycles. The third-order valence-electron chi connectivity index (χ3n) is 5.60. The summed E-state index contributed by atoms with van der Waals surface area (Å²) < 4.78 is 7.48. The number of benzene rings is 1. The van der Waals surface area contributed by atoms with Gasteiger partial charge in [0.1, 0.15) is 0 Å².